The third-order valence-corrected chi connectivity index (χ3v) is 1.54. The maximum absolute atomic E-state index is 10.6. The number of carbonyl (C=O) groups is 1. The lowest BCUT2D eigenvalue weighted by molar-refractivity contribution is -0.278. The van der Waals surface area contributed by atoms with Gasteiger partial charge in [-0.05, 0) is 6.26 Å². The summed E-state index contributed by atoms with van der Waals surface area (Å²) >= 11 is 1.50. The van der Waals surface area contributed by atoms with E-state index in [1.54, 1.807) is 0 Å². The molecule has 0 amide bonds. The van der Waals surface area contributed by atoms with Crippen molar-refractivity contribution in [3.8, 4) is 0 Å². The Bertz CT molecular complexity index is 142. The summed E-state index contributed by atoms with van der Waals surface area (Å²) < 4.78 is 0. The molecule has 1 N–H and O–H groups in total. The highest BCUT2D eigenvalue weighted by atomic mass is 32.2. The number of aliphatic hydroxyl groups is 1. The lowest BCUT2D eigenvalue weighted by Gasteiger charge is -1.99. The third-order valence-electron chi connectivity index (χ3n) is 0.931. The van der Waals surface area contributed by atoms with Crippen molar-refractivity contribution < 1.29 is 15.0 Å². The molecule has 58 valence electrons. The fourth-order valence-corrected chi connectivity index (χ4v) is 0.778. The molecule has 0 aliphatic carbocycles. The fraction of sp³-hybridized carbons (Fsp3) is 0.500. The van der Waals surface area contributed by atoms with E-state index in [9.17, 15) is 9.90 Å². The number of thioether (sulfide) groups is 1. The predicted octanol–water partition coefficient (Wildman–Crippen LogP) is 0.0683. The molecule has 0 saturated carbocycles. The van der Waals surface area contributed by atoms with E-state index < -0.39 is 11.5 Å². The molecule has 0 spiro atoms. The number of rotatable bonds is 4. The van der Waals surface area contributed by atoms with E-state index in [0.717, 1.165) is 0 Å². The van der Waals surface area contributed by atoms with Gasteiger partial charge >= 0.3 is 0 Å². The van der Waals surface area contributed by atoms with Crippen molar-refractivity contribution in [1.29, 1.82) is 0 Å². The highest BCUT2D eigenvalue weighted by Gasteiger charge is 2.02. The molecule has 0 radical (unpaired) electrons. The summed E-state index contributed by atoms with van der Waals surface area (Å²) in [4.78, 5) is 10.6. The summed E-state index contributed by atoms with van der Waals surface area (Å²) in [5.74, 6) is -0.519. The number of ketones is 1. The largest absolute Gasteiger partial charge is 0.875 e. The van der Waals surface area contributed by atoms with Crippen molar-refractivity contribution in [2.45, 2.75) is 6.42 Å². The van der Waals surface area contributed by atoms with E-state index in [-0.39, 0.29) is 12.7 Å². The van der Waals surface area contributed by atoms with Crippen LogP contribution in [0.2, 0.25) is 0 Å². The first-order valence-electron chi connectivity index (χ1n) is 2.75. The first-order chi connectivity index (χ1) is 4.72. The summed E-state index contributed by atoms with van der Waals surface area (Å²) in [5, 5.41) is 18.3. The Labute approximate surface area is 63.7 Å². The van der Waals surface area contributed by atoms with Gasteiger partial charge in [0.05, 0.1) is 0 Å². The summed E-state index contributed by atoms with van der Waals surface area (Å²) in [6.07, 6.45) is 2.25. The van der Waals surface area contributed by atoms with Crippen molar-refractivity contribution in [3.05, 3.63) is 12.0 Å². The monoisotopic (exact) mass is 161 g/mol. The minimum absolute atomic E-state index is 0.169. The number of aliphatic hydroxyl groups excluding tert-OH is 1. The van der Waals surface area contributed by atoms with Crippen LogP contribution in [0.15, 0.2) is 12.0 Å². The predicted molar refractivity (Wildman–Crippen MR) is 38.7 cm³/mol. The molecule has 3 nitrogen and oxygen atoms in total. The van der Waals surface area contributed by atoms with Crippen LogP contribution in [-0.4, -0.2) is 22.9 Å². The molecule has 0 aromatic heterocycles. The van der Waals surface area contributed by atoms with E-state index in [2.05, 4.69) is 0 Å². The van der Waals surface area contributed by atoms with Gasteiger partial charge in [-0.2, -0.15) is 11.8 Å². The normalized spacial score (nSPS) is 11.5. The Morgan fingerprint density at radius 1 is 1.80 bits per heavy atom. The van der Waals surface area contributed by atoms with Gasteiger partial charge in [0.1, 0.15) is 5.76 Å². The quantitative estimate of drug-likeness (QED) is 0.468. The van der Waals surface area contributed by atoms with Crippen LogP contribution in [0.25, 0.3) is 0 Å². The molecule has 10 heavy (non-hydrogen) atoms. The maximum atomic E-state index is 10.6. The van der Waals surface area contributed by atoms with Crippen LogP contribution in [0.5, 0.6) is 0 Å². The molecule has 0 aliphatic heterocycles. The summed E-state index contributed by atoms with van der Waals surface area (Å²) in [6, 6.07) is 0. The Kier molecular flexibility index (Phi) is 4.84. The Hall–Kier alpha value is -0.640. The standard InChI is InChI=1S/C6H10O3S/c1-10-3-2-5(8)6(9)4-7/h4,7,9H,2-3H2,1H3/p-1/b6-4-. The van der Waals surface area contributed by atoms with Gasteiger partial charge in [0.15, 0.2) is 5.78 Å². The molecule has 0 aliphatic rings. The molecule has 0 atom stereocenters. The topological polar surface area (TPSA) is 60.4 Å². The maximum Gasteiger partial charge on any atom is 0.196 e. The Morgan fingerprint density at radius 2 is 2.40 bits per heavy atom. The van der Waals surface area contributed by atoms with E-state index in [1.807, 2.05) is 6.26 Å². The Balaban J connectivity index is 3.63. The molecule has 4 heteroatoms. The average molecular weight is 161 g/mol. The Morgan fingerprint density at radius 3 is 2.80 bits per heavy atom. The van der Waals surface area contributed by atoms with Gasteiger partial charge in [-0.3, -0.25) is 4.79 Å². The second-order valence-corrected chi connectivity index (χ2v) is 2.65. The molecule has 0 aromatic carbocycles. The smallest absolute Gasteiger partial charge is 0.196 e. The van der Waals surface area contributed by atoms with Gasteiger partial charge in [0.2, 0.25) is 0 Å². The zero-order valence-corrected chi connectivity index (χ0v) is 6.48. The summed E-state index contributed by atoms with van der Waals surface area (Å²) in [6.45, 7) is 0. The minimum atomic E-state index is -0.672. The summed E-state index contributed by atoms with van der Waals surface area (Å²) in [7, 11) is 0. The van der Waals surface area contributed by atoms with Gasteiger partial charge < -0.3 is 10.2 Å². The number of hydrogen-bond acceptors (Lipinski definition) is 4. The van der Waals surface area contributed by atoms with E-state index in [1.165, 1.54) is 11.8 Å². The molecule has 0 saturated heterocycles. The van der Waals surface area contributed by atoms with Gasteiger partial charge in [-0.15, -0.1) is 6.26 Å². The molecule has 0 unspecified atom stereocenters. The molecule has 0 bridgehead atoms. The molecule has 0 heterocycles. The van der Waals surface area contributed by atoms with Crippen LogP contribution in [0, 0.1) is 0 Å². The lowest BCUT2D eigenvalue weighted by atomic mass is 10.3. The van der Waals surface area contributed by atoms with Crippen LogP contribution in [0.3, 0.4) is 0 Å². The lowest BCUT2D eigenvalue weighted by Crippen LogP contribution is -2.06. The van der Waals surface area contributed by atoms with Crippen LogP contribution in [-0.2, 0) is 4.79 Å². The average Bonchev–Trinajstić information content (AvgIpc) is 1.98. The van der Waals surface area contributed by atoms with Crippen molar-refractivity contribution in [2.75, 3.05) is 12.0 Å². The van der Waals surface area contributed by atoms with Gasteiger partial charge in [-0.25, -0.2) is 0 Å². The number of Topliss-reactive ketones (excluding diaryl/α,β-unsaturated/α-hetero) is 1. The second-order valence-electron chi connectivity index (χ2n) is 1.67. The number of allylic oxidation sites excluding steroid dienone is 1. The first kappa shape index (κ1) is 9.36. The van der Waals surface area contributed by atoms with Crippen LogP contribution in [0.4, 0.5) is 0 Å². The van der Waals surface area contributed by atoms with Crippen LogP contribution < -0.4 is 5.11 Å². The molecule has 0 aromatic rings. The molecular formula is C6H9O3S-. The third kappa shape index (κ3) is 3.40. The van der Waals surface area contributed by atoms with Crippen LogP contribution in [0.1, 0.15) is 6.42 Å². The van der Waals surface area contributed by atoms with E-state index in [4.69, 9.17) is 5.11 Å². The fourth-order valence-electron chi connectivity index (χ4n) is 0.389. The van der Waals surface area contributed by atoms with Crippen molar-refractivity contribution >= 4 is 17.5 Å². The van der Waals surface area contributed by atoms with Crippen LogP contribution >= 0.6 is 11.8 Å². The molecular weight excluding hydrogens is 152 g/mol. The zero-order chi connectivity index (χ0) is 7.98. The van der Waals surface area contributed by atoms with E-state index >= 15 is 0 Å². The zero-order valence-electron chi connectivity index (χ0n) is 5.66. The summed E-state index contributed by atoms with van der Waals surface area (Å²) in [5.41, 5.74) is 0. The highest BCUT2D eigenvalue weighted by molar-refractivity contribution is 7.98. The number of hydrogen-bond donors (Lipinski definition) is 1. The van der Waals surface area contributed by atoms with Crippen molar-refractivity contribution in [3.63, 3.8) is 0 Å². The van der Waals surface area contributed by atoms with Crippen molar-refractivity contribution in [2.24, 2.45) is 0 Å². The minimum Gasteiger partial charge on any atom is -0.875 e. The SMILES string of the molecule is CSCCC(=O)/C(O)=C/[O-]. The van der Waals surface area contributed by atoms with Gasteiger partial charge in [0, 0.05) is 12.2 Å². The van der Waals surface area contributed by atoms with Gasteiger partial charge in [0.25, 0.3) is 0 Å². The second kappa shape index (κ2) is 5.17. The molecule has 0 fully saturated rings. The van der Waals surface area contributed by atoms with Gasteiger partial charge in [-0.1, -0.05) is 0 Å². The first-order valence-corrected chi connectivity index (χ1v) is 4.15. The highest BCUT2D eigenvalue weighted by Crippen LogP contribution is 2.00. The number of carbonyl (C=O) groups excluding carboxylic acids is 1. The van der Waals surface area contributed by atoms with Crippen molar-refractivity contribution in [1.82, 2.24) is 0 Å². The van der Waals surface area contributed by atoms with E-state index in [0.29, 0.717) is 5.75 Å². The molecule has 0 rings (SSSR count).